The predicted octanol–water partition coefficient (Wildman–Crippen LogP) is -0.647. The number of benzene rings is 1. The number of phenols is 2. The van der Waals surface area contributed by atoms with Crippen LogP contribution in [0.25, 0.3) is 0 Å². The van der Waals surface area contributed by atoms with E-state index in [4.69, 9.17) is 31.9 Å². The summed E-state index contributed by atoms with van der Waals surface area (Å²) in [5.74, 6) is -2.65. The van der Waals surface area contributed by atoms with Crippen LogP contribution in [0.3, 0.4) is 0 Å². The smallest absolute Gasteiger partial charge is 0.320 e. The van der Waals surface area contributed by atoms with E-state index in [1.165, 1.54) is 18.2 Å². The zero-order valence-electron chi connectivity index (χ0n) is 11.7. The van der Waals surface area contributed by atoms with Crippen molar-refractivity contribution < 1.29 is 35.1 Å². The Bertz CT molecular complexity index is 507. The lowest BCUT2D eigenvalue weighted by Gasteiger charge is -2.08. The number of hydrogen-bond donors (Lipinski definition) is 7. The first-order valence-corrected chi connectivity index (χ1v) is 6.29. The van der Waals surface area contributed by atoms with Gasteiger partial charge in [-0.1, -0.05) is 6.07 Å². The van der Waals surface area contributed by atoms with Crippen LogP contribution >= 0.6 is 0 Å². The minimum Gasteiger partial charge on any atom is -0.504 e. The van der Waals surface area contributed by atoms with E-state index in [1.54, 1.807) is 0 Å². The van der Waals surface area contributed by atoms with Crippen molar-refractivity contribution in [2.45, 2.75) is 25.0 Å². The maximum absolute atomic E-state index is 9.99. The molecule has 0 bridgehead atoms. The van der Waals surface area contributed by atoms with Crippen molar-refractivity contribution in [1.29, 1.82) is 0 Å². The fourth-order valence-electron chi connectivity index (χ4n) is 1.29. The van der Waals surface area contributed by atoms with Crippen molar-refractivity contribution in [2.24, 2.45) is 11.5 Å². The van der Waals surface area contributed by atoms with Crippen molar-refractivity contribution in [1.82, 2.24) is 0 Å². The van der Waals surface area contributed by atoms with Gasteiger partial charge >= 0.3 is 11.9 Å². The van der Waals surface area contributed by atoms with Crippen LogP contribution in [0.15, 0.2) is 18.2 Å². The fraction of sp³-hybridized carbons (Fsp3) is 0.385. The number of aliphatic carboxylic acids is 2. The van der Waals surface area contributed by atoms with Gasteiger partial charge in [0.1, 0.15) is 6.04 Å². The fourth-order valence-corrected chi connectivity index (χ4v) is 1.29. The van der Waals surface area contributed by atoms with Crippen molar-refractivity contribution in [3.63, 3.8) is 0 Å². The van der Waals surface area contributed by atoms with E-state index in [1.807, 2.05) is 0 Å². The molecule has 0 heterocycles. The molecule has 0 fully saturated rings. The second-order valence-corrected chi connectivity index (χ2v) is 4.38. The van der Waals surface area contributed by atoms with E-state index in [2.05, 4.69) is 0 Å². The van der Waals surface area contributed by atoms with Gasteiger partial charge in [-0.25, -0.2) is 0 Å². The number of hydrogen-bond acceptors (Lipinski definition) is 7. The SMILES string of the molecule is NC(CCC(=O)O)C(=O)O.NC[C@H](O)c1ccc(O)c(O)c1. The standard InChI is InChI=1S/C8H11NO3.C5H9NO4/c9-4-8(12)5-1-2-6(10)7(11)3-5;6-3(5(9)10)1-2-4(7)8/h1-3,8,10-12H,4,9H2;3H,1-2,6H2,(H,7,8)(H,9,10)/t8-;/m0./s1. The largest absolute Gasteiger partial charge is 0.504 e. The number of carbonyl (C=O) groups is 2. The van der Waals surface area contributed by atoms with Gasteiger partial charge in [0.25, 0.3) is 0 Å². The summed E-state index contributed by atoms with van der Waals surface area (Å²) in [4.78, 5) is 19.9. The average Bonchev–Trinajstić information content (AvgIpc) is 2.47. The van der Waals surface area contributed by atoms with Crippen LogP contribution in [0.4, 0.5) is 0 Å². The molecule has 22 heavy (non-hydrogen) atoms. The summed E-state index contributed by atoms with van der Waals surface area (Å²) in [6.45, 7) is 0.0875. The van der Waals surface area contributed by atoms with Gasteiger partial charge in [0.2, 0.25) is 0 Å². The average molecular weight is 316 g/mol. The monoisotopic (exact) mass is 316 g/mol. The molecule has 0 saturated heterocycles. The topological polar surface area (TPSA) is 187 Å². The molecule has 9 heteroatoms. The number of aliphatic hydroxyl groups is 1. The van der Waals surface area contributed by atoms with Crippen molar-refractivity contribution in [3.05, 3.63) is 23.8 Å². The first-order valence-electron chi connectivity index (χ1n) is 6.29. The highest BCUT2D eigenvalue weighted by Gasteiger charge is 2.12. The van der Waals surface area contributed by atoms with Crippen LogP contribution < -0.4 is 11.5 Å². The normalized spacial score (nSPS) is 12.7. The Morgan fingerprint density at radius 1 is 1.14 bits per heavy atom. The molecule has 0 aliphatic heterocycles. The van der Waals surface area contributed by atoms with Crippen molar-refractivity contribution in [2.75, 3.05) is 6.54 Å². The van der Waals surface area contributed by atoms with E-state index in [0.29, 0.717) is 5.56 Å². The molecule has 0 aliphatic carbocycles. The summed E-state index contributed by atoms with van der Waals surface area (Å²) in [5, 5.41) is 43.5. The Morgan fingerprint density at radius 2 is 1.73 bits per heavy atom. The molecular formula is C13H20N2O7. The van der Waals surface area contributed by atoms with Gasteiger partial charge in [-0.05, 0) is 24.1 Å². The molecule has 0 spiro atoms. The summed E-state index contributed by atoms with van der Waals surface area (Å²) in [7, 11) is 0. The third-order valence-electron chi connectivity index (χ3n) is 2.59. The summed E-state index contributed by atoms with van der Waals surface area (Å²) in [5.41, 5.74) is 10.7. The molecule has 1 aromatic carbocycles. The van der Waals surface area contributed by atoms with Gasteiger partial charge in [0.15, 0.2) is 11.5 Å². The number of carboxylic acid groups (broad SMARTS) is 2. The minimum absolute atomic E-state index is 0.0231. The molecule has 0 saturated carbocycles. The van der Waals surface area contributed by atoms with Gasteiger partial charge in [0, 0.05) is 13.0 Å². The Hall–Kier alpha value is -2.36. The van der Waals surface area contributed by atoms with Crippen LogP contribution in [0.1, 0.15) is 24.5 Å². The molecule has 0 amide bonds. The van der Waals surface area contributed by atoms with E-state index >= 15 is 0 Å². The highest BCUT2D eigenvalue weighted by atomic mass is 16.4. The lowest BCUT2D eigenvalue weighted by atomic mass is 10.1. The van der Waals surface area contributed by atoms with Gasteiger partial charge in [-0.15, -0.1) is 0 Å². The summed E-state index contributed by atoms with van der Waals surface area (Å²) < 4.78 is 0. The molecule has 9 nitrogen and oxygen atoms in total. The summed E-state index contributed by atoms with van der Waals surface area (Å²) >= 11 is 0. The molecule has 2 atom stereocenters. The zero-order valence-corrected chi connectivity index (χ0v) is 11.7. The van der Waals surface area contributed by atoms with Gasteiger partial charge in [-0.2, -0.15) is 0 Å². The quantitative estimate of drug-likeness (QED) is 0.334. The number of aromatic hydroxyl groups is 2. The molecule has 0 aliphatic rings. The Morgan fingerprint density at radius 3 is 2.14 bits per heavy atom. The molecule has 1 aromatic rings. The summed E-state index contributed by atoms with van der Waals surface area (Å²) in [6.07, 6.45) is -1.02. The second-order valence-electron chi connectivity index (χ2n) is 4.38. The second kappa shape index (κ2) is 9.55. The maximum Gasteiger partial charge on any atom is 0.320 e. The van der Waals surface area contributed by atoms with E-state index in [-0.39, 0.29) is 30.9 Å². The summed E-state index contributed by atoms with van der Waals surface area (Å²) in [6, 6.07) is 3.04. The molecule has 124 valence electrons. The number of phenolic OH excluding ortho intramolecular Hbond substituents is 2. The first-order chi connectivity index (χ1) is 10.2. The molecule has 0 aromatic heterocycles. The van der Waals surface area contributed by atoms with Gasteiger partial charge in [0.05, 0.1) is 6.10 Å². The first kappa shape index (κ1) is 19.6. The molecule has 0 radical (unpaired) electrons. The van der Waals surface area contributed by atoms with Crippen LogP contribution in [-0.2, 0) is 9.59 Å². The lowest BCUT2D eigenvalue weighted by molar-refractivity contribution is -0.139. The van der Waals surface area contributed by atoms with Crippen LogP contribution in [0.5, 0.6) is 11.5 Å². The van der Waals surface area contributed by atoms with Gasteiger partial charge < -0.3 is 37.0 Å². The molecular weight excluding hydrogens is 296 g/mol. The van der Waals surface area contributed by atoms with Crippen molar-refractivity contribution >= 4 is 11.9 Å². The highest BCUT2D eigenvalue weighted by Crippen LogP contribution is 2.27. The third-order valence-corrected chi connectivity index (χ3v) is 2.59. The number of aliphatic hydroxyl groups excluding tert-OH is 1. The van der Waals surface area contributed by atoms with E-state index in [0.717, 1.165) is 0 Å². The third kappa shape index (κ3) is 7.43. The number of rotatable bonds is 6. The minimum atomic E-state index is -1.17. The van der Waals surface area contributed by atoms with E-state index < -0.39 is 24.1 Å². The van der Waals surface area contributed by atoms with Gasteiger partial charge in [-0.3, -0.25) is 9.59 Å². The number of carboxylic acids is 2. The predicted molar refractivity (Wildman–Crippen MR) is 76.3 cm³/mol. The Labute approximate surface area is 126 Å². The van der Waals surface area contributed by atoms with Crippen LogP contribution in [0.2, 0.25) is 0 Å². The molecule has 1 unspecified atom stereocenters. The Kier molecular flexibility index (Phi) is 8.53. The number of nitrogens with two attached hydrogens (primary N) is 2. The zero-order chi connectivity index (χ0) is 17.3. The Balaban J connectivity index is 0.000000409. The lowest BCUT2D eigenvalue weighted by Crippen LogP contribution is -2.30. The molecule has 1 rings (SSSR count). The van der Waals surface area contributed by atoms with Crippen LogP contribution in [0, 0.1) is 0 Å². The van der Waals surface area contributed by atoms with Crippen LogP contribution in [-0.4, -0.2) is 50.1 Å². The highest BCUT2D eigenvalue weighted by molar-refractivity contribution is 5.74. The van der Waals surface area contributed by atoms with Crippen molar-refractivity contribution in [3.8, 4) is 11.5 Å². The molecule has 9 N–H and O–H groups in total. The maximum atomic E-state index is 9.99. The van der Waals surface area contributed by atoms with E-state index in [9.17, 15) is 14.7 Å².